The van der Waals surface area contributed by atoms with E-state index < -0.39 is 11.7 Å². The van der Waals surface area contributed by atoms with Crippen LogP contribution in [0.25, 0.3) is 0 Å². The van der Waals surface area contributed by atoms with E-state index in [0.717, 1.165) is 44.9 Å². The number of nitrogens with zero attached hydrogens (tertiary/aromatic N) is 3. The summed E-state index contributed by atoms with van der Waals surface area (Å²) in [4.78, 5) is 8.30. The molecule has 2 heterocycles. The molecule has 0 bridgehead atoms. The molecule has 134 valence electrons. The first-order chi connectivity index (χ1) is 12.0. The van der Waals surface area contributed by atoms with E-state index in [1.54, 1.807) is 0 Å². The second-order valence-electron chi connectivity index (χ2n) is 6.04. The highest BCUT2D eigenvalue weighted by Crippen LogP contribution is 2.30. The summed E-state index contributed by atoms with van der Waals surface area (Å²) in [6, 6.07) is 10.7. The topological polar surface area (TPSA) is 45.4 Å². The monoisotopic (exact) mass is 350 g/mol. The lowest BCUT2D eigenvalue weighted by Crippen LogP contribution is -2.47. The fourth-order valence-corrected chi connectivity index (χ4v) is 3.10. The molecule has 1 aromatic carbocycles. The molecule has 7 heteroatoms. The molecule has 0 atom stereocenters. The minimum Gasteiger partial charge on any atom is -0.368 e. The van der Waals surface area contributed by atoms with Crippen molar-refractivity contribution >= 4 is 11.5 Å². The van der Waals surface area contributed by atoms with Gasteiger partial charge in [0, 0.05) is 38.1 Å². The van der Waals surface area contributed by atoms with E-state index >= 15 is 0 Å². The zero-order valence-corrected chi connectivity index (χ0v) is 13.8. The van der Waals surface area contributed by atoms with Crippen molar-refractivity contribution in [3.63, 3.8) is 0 Å². The van der Waals surface area contributed by atoms with Crippen LogP contribution in [0.3, 0.4) is 0 Å². The molecular weight excluding hydrogens is 329 g/mol. The van der Waals surface area contributed by atoms with E-state index in [0.29, 0.717) is 12.4 Å². The Morgan fingerprint density at radius 2 is 1.64 bits per heavy atom. The highest BCUT2D eigenvalue weighted by Gasteiger charge is 2.31. The Morgan fingerprint density at radius 3 is 2.24 bits per heavy atom. The van der Waals surface area contributed by atoms with E-state index in [9.17, 15) is 13.2 Å². The first-order valence-electron chi connectivity index (χ1n) is 8.30. The number of para-hydroxylation sites is 1. The molecule has 1 aromatic heterocycles. The van der Waals surface area contributed by atoms with Gasteiger partial charge in [0.1, 0.15) is 5.82 Å². The van der Waals surface area contributed by atoms with Gasteiger partial charge >= 0.3 is 6.18 Å². The van der Waals surface area contributed by atoms with Crippen LogP contribution in [0.15, 0.2) is 42.6 Å². The summed E-state index contributed by atoms with van der Waals surface area (Å²) in [5, 5.41) is 0. The number of halogens is 3. The largest absolute Gasteiger partial charge is 0.417 e. The maximum Gasteiger partial charge on any atom is 0.417 e. The molecule has 0 radical (unpaired) electrons. The van der Waals surface area contributed by atoms with E-state index in [2.05, 4.69) is 22.0 Å². The summed E-state index contributed by atoms with van der Waals surface area (Å²) in [6.45, 7) is 3.63. The van der Waals surface area contributed by atoms with Crippen LogP contribution in [0.4, 0.5) is 24.7 Å². The predicted octanol–water partition coefficient (Wildman–Crippen LogP) is 2.93. The second-order valence-corrected chi connectivity index (χ2v) is 6.04. The quantitative estimate of drug-likeness (QED) is 0.921. The number of alkyl halides is 3. The summed E-state index contributed by atoms with van der Waals surface area (Å²) in [5.74, 6) is 0.586. The Morgan fingerprint density at radius 1 is 0.960 bits per heavy atom. The van der Waals surface area contributed by atoms with E-state index in [1.807, 2.05) is 17.0 Å². The predicted molar refractivity (Wildman–Crippen MR) is 92.9 cm³/mol. The lowest BCUT2D eigenvalue weighted by molar-refractivity contribution is -0.137. The molecule has 1 fully saturated rings. The van der Waals surface area contributed by atoms with Gasteiger partial charge in [-0.3, -0.25) is 0 Å². The molecule has 1 aliphatic heterocycles. The third-order valence-electron chi connectivity index (χ3n) is 4.42. The molecule has 1 aliphatic rings. The number of pyridine rings is 1. The Labute approximate surface area is 145 Å². The van der Waals surface area contributed by atoms with Crippen LogP contribution < -0.4 is 15.5 Å². The van der Waals surface area contributed by atoms with Gasteiger partial charge in [-0.1, -0.05) is 18.2 Å². The first-order valence-corrected chi connectivity index (χ1v) is 8.30. The third kappa shape index (κ3) is 4.04. The number of benzene rings is 1. The van der Waals surface area contributed by atoms with Crippen molar-refractivity contribution in [2.24, 2.45) is 5.73 Å². The molecule has 2 aromatic rings. The van der Waals surface area contributed by atoms with Crippen LogP contribution in [0.2, 0.25) is 0 Å². The number of anilines is 2. The zero-order valence-electron chi connectivity index (χ0n) is 13.8. The number of hydrogen-bond acceptors (Lipinski definition) is 4. The van der Waals surface area contributed by atoms with Gasteiger partial charge in [0.2, 0.25) is 0 Å². The van der Waals surface area contributed by atoms with Gasteiger partial charge < -0.3 is 15.5 Å². The molecule has 2 N–H and O–H groups in total. The first kappa shape index (κ1) is 17.5. The minimum atomic E-state index is -4.35. The molecule has 0 aliphatic carbocycles. The zero-order chi connectivity index (χ0) is 17.9. The standard InChI is InChI=1S/C18H21F3N4/c19-18(20,21)15-5-6-17(23-13-15)25-11-9-24(10-12-25)16-4-2-1-3-14(16)7-8-22/h1-6,13H,7-12,22H2. The maximum absolute atomic E-state index is 12.6. The lowest BCUT2D eigenvalue weighted by atomic mass is 10.1. The average molecular weight is 350 g/mol. The van der Waals surface area contributed by atoms with Crippen LogP contribution >= 0.6 is 0 Å². The van der Waals surface area contributed by atoms with Crippen LogP contribution in [0.5, 0.6) is 0 Å². The Bertz CT molecular complexity index is 692. The molecule has 0 saturated carbocycles. The fraction of sp³-hybridized carbons (Fsp3) is 0.389. The van der Waals surface area contributed by atoms with Crippen molar-refractivity contribution in [2.75, 3.05) is 42.5 Å². The van der Waals surface area contributed by atoms with Gasteiger partial charge in [0.05, 0.1) is 5.56 Å². The number of aromatic nitrogens is 1. The van der Waals surface area contributed by atoms with Gasteiger partial charge in [-0.05, 0) is 36.7 Å². The molecule has 0 spiro atoms. The lowest BCUT2D eigenvalue weighted by Gasteiger charge is -2.37. The maximum atomic E-state index is 12.6. The minimum absolute atomic E-state index is 0.586. The highest BCUT2D eigenvalue weighted by molar-refractivity contribution is 5.55. The van der Waals surface area contributed by atoms with Crippen LogP contribution in [0, 0.1) is 0 Å². The van der Waals surface area contributed by atoms with Crippen LogP contribution in [-0.2, 0) is 12.6 Å². The Balaban J connectivity index is 1.66. The van der Waals surface area contributed by atoms with Crippen LogP contribution in [-0.4, -0.2) is 37.7 Å². The Hall–Kier alpha value is -2.28. The molecular formula is C18H21F3N4. The van der Waals surface area contributed by atoms with Crippen molar-refractivity contribution in [2.45, 2.75) is 12.6 Å². The van der Waals surface area contributed by atoms with Gasteiger partial charge in [-0.2, -0.15) is 13.2 Å². The summed E-state index contributed by atoms with van der Waals surface area (Å²) in [5.41, 5.74) is 7.38. The number of rotatable bonds is 4. The molecule has 1 saturated heterocycles. The highest BCUT2D eigenvalue weighted by atomic mass is 19.4. The molecule has 4 nitrogen and oxygen atoms in total. The van der Waals surface area contributed by atoms with Gasteiger partial charge in [0.25, 0.3) is 0 Å². The van der Waals surface area contributed by atoms with E-state index in [1.165, 1.54) is 17.3 Å². The van der Waals surface area contributed by atoms with Crippen molar-refractivity contribution in [3.05, 3.63) is 53.7 Å². The summed E-state index contributed by atoms with van der Waals surface area (Å²) in [6.07, 6.45) is -2.62. The number of nitrogens with two attached hydrogens (primary N) is 1. The number of hydrogen-bond donors (Lipinski definition) is 1. The molecule has 25 heavy (non-hydrogen) atoms. The number of piperazine rings is 1. The summed E-state index contributed by atoms with van der Waals surface area (Å²) in [7, 11) is 0. The average Bonchev–Trinajstić information content (AvgIpc) is 2.62. The van der Waals surface area contributed by atoms with E-state index in [-0.39, 0.29) is 0 Å². The smallest absolute Gasteiger partial charge is 0.368 e. The molecule has 0 unspecified atom stereocenters. The SMILES string of the molecule is NCCc1ccccc1N1CCN(c2ccc(C(F)(F)F)cn2)CC1. The van der Waals surface area contributed by atoms with Crippen LogP contribution in [0.1, 0.15) is 11.1 Å². The summed E-state index contributed by atoms with van der Waals surface area (Å²) >= 11 is 0. The summed E-state index contributed by atoms with van der Waals surface area (Å²) < 4.78 is 37.9. The van der Waals surface area contributed by atoms with Crippen molar-refractivity contribution in [1.82, 2.24) is 4.98 Å². The molecule has 3 rings (SSSR count). The van der Waals surface area contributed by atoms with E-state index in [4.69, 9.17) is 5.73 Å². The van der Waals surface area contributed by atoms with Gasteiger partial charge in [0.15, 0.2) is 0 Å². The van der Waals surface area contributed by atoms with Gasteiger partial charge in [-0.25, -0.2) is 4.98 Å². The fourth-order valence-electron chi connectivity index (χ4n) is 3.10. The Kier molecular flexibility index (Phi) is 5.13. The van der Waals surface area contributed by atoms with Gasteiger partial charge in [-0.15, -0.1) is 0 Å². The molecule has 0 amide bonds. The van der Waals surface area contributed by atoms with Crippen molar-refractivity contribution in [3.8, 4) is 0 Å². The third-order valence-corrected chi connectivity index (χ3v) is 4.42. The normalized spacial score (nSPS) is 15.5. The van der Waals surface area contributed by atoms with Crippen molar-refractivity contribution in [1.29, 1.82) is 0 Å². The second kappa shape index (κ2) is 7.31. The van der Waals surface area contributed by atoms with Crippen molar-refractivity contribution < 1.29 is 13.2 Å².